The van der Waals surface area contributed by atoms with Crippen LogP contribution in [-0.4, -0.2) is 93.6 Å². The molecule has 0 spiro atoms. The van der Waals surface area contributed by atoms with E-state index in [0.717, 1.165) is 67.8 Å². The van der Waals surface area contributed by atoms with Gasteiger partial charge in [-0.2, -0.15) is 20.5 Å². The molecular weight excluding hydrogens is 882 g/mol. The molecule has 10 N–H and O–H groups in total. The van der Waals surface area contributed by atoms with Gasteiger partial charge in [0.2, 0.25) is 24.6 Å². The van der Waals surface area contributed by atoms with Crippen LogP contribution in [0.1, 0.15) is 118 Å². The maximum atomic E-state index is 12.2. The predicted molar refractivity (Wildman–Crippen MR) is 280 cm³/mol. The van der Waals surface area contributed by atoms with E-state index in [-0.39, 0.29) is 30.1 Å². The van der Waals surface area contributed by atoms with Crippen molar-refractivity contribution in [1.29, 1.82) is 0 Å². The highest BCUT2D eigenvalue weighted by Crippen LogP contribution is 2.12. The first-order valence-corrected chi connectivity index (χ1v) is 23.8. The molecule has 4 amide bonds. The Hall–Kier alpha value is -5.29. The minimum absolute atomic E-state index is 0.00926. The smallest absolute Gasteiger partial charge is 0.312 e. The number of thioether (sulfide) groups is 1. The van der Waals surface area contributed by atoms with E-state index < -0.39 is 6.55 Å². The van der Waals surface area contributed by atoms with Gasteiger partial charge in [-0.3, -0.25) is 19.2 Å². The first-order valence-electron chi connectivity index (χ1n) is 22.6. The Morgan fingerprint density at radius 1 is 0.836 bits per heavy atom. The summed E-state index contributed by atoms with van der Waals surface area (Å²) in [4.78, 5) is 52.0. The number of nitrogens with one attached hydrogen (secondary N) is 4. The first kappa shape index (κ1) is 73.3. The maximum absolute atomic E-state index is 12.2. The average Bonchev–Trinajstić information content (AvgIpc) is 3.33. The van der Waals surface area contributed by atoms with E-state index in [1.807, 2.05) is 45.0 Å². The Morgan fingerprint density at radius 3 is 1.67 bits per heavy atom. The van der Waals surface area contributed by atoms with Crippen molar-refractivity contribution in [3.8, 4) is 0 Å². The largest absolute Gasteiger partial charge is 0.405 e. The second-order valence-electron chi connectivity index (χ2n) is 14.0. The van der Waals surface area contributed by atoms with Crippen molar-refractivity contribution in [2.24, 2.45) is 11.5 Å². The number of aryl methyl sites for hydroxylation is 1. The standard InChI is InChI=1S/C15H32N2OS.C8H9F.C7H8F2N2.C7H13NO.C6H11NO.C2H5N.C2H4O.C2H4.CH3NO/c1-4-6-7-8-9-10-11-12-17-15(18)14(16-3)13-19-5-2;1-2-7-3-5-8(9)6-4-7;8-7(9)11-6-3-1-5(10)2-4-6;1-5(2)6(3)7(9)8-4;8-6-7-4-2-1-3-5-7;2*1-2-3;1-2;2-1-3/h14,16H,4-13H2,1-3H3,(H,17,18);3-6H,2H2,1H3;1-4,7,11H,10H2;1-4H3,(H,8,9);6H,1-5H2;2H,1,3H2;2H,1H3;1-2H2;1H,(H2,2,3). The number of rotatable bonds is 18. The number of likely N-dealkylation sites (tertiary alicyclic amines) is 1. The summed E-state index contributed by atoms with van der Waals surface area (Å²) in [5.41, 5.74) is 18.1. The predicted octanol–water partition coefficient (Wildman–Crippen LogP) is 9.40. The molecule has 0 bridgehead atoms. The van der Waals surface area contributed by atoms with E-state index in [2.05, 4.69) is 61.0 Å². The minimum atomic E-state index is -2.53. The normalized spacial score (nSPS) is 10.7. The van der Waals surface area contributed by atoms with E-state index in [1.165, 1.54) is 101 Å². The van der Waals surface area contributed by atoms with Crippen LogP contribution >= 0.6 is 11.8 Å². The Bertz CT molecular complexity index is 1450. The van der Waals surface area contributed by atoms with E-state index in [4.69, 9.17) is 15.3 Å². The molecule has 17 heteroatoms. The maximum Gasteiger partial charge on any atom is 0.312 e. The highest BCUT2D eigenvalue weighted by atomic mass is 32.2. The lowest BCUT2D eigenvalue weighted by molar-refractivity contribution is -0.122. The van der Waals surface area contributed by atoms with Crippen LogP contribution in [0.4, 0.5) is 24.5 Å². The molecule has 1 heterocycles. The molecule has 3 rings (SSSR count). The molecule has 1 atom stereocenters. The van der Waals surface area contributed by atoms with Crippen LogP contribution in [0.15, 0.2) is 85.6 Å². The van der Waals surface area contributed by atoms with Crippen LogP contribution in [0.5, 0.6) is 0 Å². The van der Waals surface area contributed by atoms with E-state index in [0.29, 0.717) is 11.4 Å². The number of hydrogen-bond acceptors (Lipinski definition) is 10. The van der Waals surface area contributed by atoms with Crippen molar-refractivity contribution in [3.63, 3.8) is 0 Å². The monoisotopic (exact) mass is 971 g/mol. The molecule has 1 aliphatic heterocycles. The Balaban J connectivity index is -0.000000169. The summed E-state index contributed by atoms with van der Waals surface area (Å²) in [5.74, 6) is 1.91. The number of carbonyl (C=O) groups is 5. The Kier molecular flexibility index (Phi) is 64.2. The summed E-state index contributed by atoms with van der Waals surface area (Å²) in [7, 11) is 3.49. The third-order valence-corrected chi connectivity index (χ3v) is 9.58. The molecule has 13 nitrogen and oxygen atoms in total. The molecule has 0 aromatic heterocycles. The number of aldehydes is 1. The van der Waals surface area contributed by atoms with Crippen LogP contribution < -0.4 is 38.5 Å². The molecule has 0 radical (unpaired) electrons. The van der Waals surface area contributed by atoms with Gasteiger partial charge in [0.15, 0.2) is 0 Å². The Morgan fingerprint density at radius 2 is 1.31 bits per heavy atom. The molecule has 2 aromatic rings. The van der Waals surface area contributed by atoms with Crippen molar-refractivity contribution in [1.82, 2.24) is 20.9 Å². The number of piperidine rings is 1. The van der Waals surface area contributed by atoms with Gasteiger partial charge in [0.1, 0.15) is 12.1 Å². The highest BCUT2D eigenvalue weighted by molar-refractivity contribution is 7.99. The zero-order valence-corrected chi connectivity index (χ0v) is 43.1. The van der Waals surface area contributed by atoms with Gasteiger partial charge in [0.05, 0.1) is 6.04 Å². The number of nitrogen functional groups attached to an aromatic ring is 1. The van der Waals surface area contributed by atoms with Crippen molar-refractivity contribution >= 4 is 54.1 Å². The van der Waals surface area contributed by atoms with E-state index >= 15 is 0 Å². The summed E-state index contributed by atoms with van der Waals surface area (Å²) in [5, 5.41) is 10.6. The van der Waals surface area contributed by atoms with Gasteiger partial charge in [0, 0.05) is 49.4 Å². The lowest BCUT2D eigenvalue weighted by atomic mass is 10.1. The molecule has 1 aliphatic rings. The number of unbranched alkanes of at least 4 members (excludes halogenated alkanes) is 6. The van der Waals surface area contributed by atoms with E-state index in [1.54, 1.807) is 43.1 Å². The molecule has 67 heavy (non-hydrogen) atoms. The zero-order chi connectivity index (χ0) is 52.7. The number of likely N-dealkylation sites (N-methyl/N-ethyl adjacent to an activating group) is 2. The van der Waals surface area contributed by atoms with Crippen LogP contribution in [0.25, 0.3) is 0 Å². The lowest BCUT2D eigenvalue weighted by Gasteiger charge is -2.21. The molecule has 386 valence electrons. The average molecular weight is 971 g/mol. The molecule has 1 fully saturated rings. The van der Waals surface area contributed by atoms with Crippen molar-refractivity contribution in [2.75, 3.05) is 56.3 Å². The number of nitrogens with two attached hydrogens (primary N) is 3. The number of hydrogen-bond donors (Lipinski definition) is 7. The lowest BCUT2D eigenvalue weighted by Crippen LogP contribution is -2.44. The first-order chi connectivity index (χ1) is 32.0. The Labute approximate surface area is 407 Å². The van der Waals surface area contributed by atoms with Gasteiger partial charge in [-0.25, -0.2) is 4.39 Å². The van der Waals surface area contributed by atoms with Crippen LogP contribution in [0.2, 0.25) is 0 Å². The molecule has 0 saturated carbocycles. The van der Waals surface area contributed by atoms with Crippen molar-refractivity contribution < 1.29 is 37.1 Å². The number of benzene rings is 2. The number of primary amides is 1. The molecule has 2 aromatic carbocycles. The topological polar surface area (TPSA) is 215 Å². The molecule has 1 unspecified atom stereocenters. The van der Waals surface area contributed by atoms with Gasteiger partial charge in [-0.1, -0.05) is 83.6 Å². The molecule has 0 aliphatic carbocycles. The fourth-order valence-corrected chi connectivity index (χ4v) is 5.60. The minimum Gasteiger partial charge on any atom is -0.405 e. The summed E-state index contributed by atoms with van der Waals surface area (Å²) in [6.07, 6.45) is 16.9. The number of nitrogens with zero attached hydrogens (tertiary/aromatic N) is 1. The fraction of sp³-hybridized carbons (Fsp3) is 0.540. The van der Waals surface area contributed by atoms with Crippen molar-refractivity contribution in [2.45, 2.75) is 132 Å². The summed E-state index contributed by atoms with van der Waals surface area (Å²) < 4.78 is 35.6. The summed E-state index contributed by atoms with van der Waals surface area (Å²) in [6.45, 7) is 22.9. The number of amides is 4. The molecular formula is C50H89F3N8O5S. The van der Waals surface area contributed by atoms with Gasteiger partial charge in [0.25, 0.3) is 0 Å². The van der Waals surface area contributed by atoms with Crippen LogP contribution in [0, 0.1) is 5.82 Å². The number of anilines is 2. The zero-order valence-electron chi connectivity index (χ0n) is 42.3. The number of carbonyl (C=O) groups excluding carboxylic acids is 5. The summed E-state index contributed by atoms with van der Waals surface area (Å²) >= 11 is 1.80. The third-order valence-electron chi connectivity index (χ3n) is 8.60. The number of allylic oxidation sites excluding steroid dienone is 1. The van der Waals surface area contributed by atoms with Gasteiger partial charge < -0.3 is 48.2 Å². The number of halogens is 3. The third kappa shape index (κ3) is 56.8. The SMILES string of the molecule is C=C.C=CN.CC=O.CCCCCCCCCNC(=O)C(CSCC)NC.CCc1ccc(F)cc1.CNC(=O)C(C)=C(C)C.NC=O.Nc1ccc(NC(F)F)cc1.O=CN1CCCCC1. The number of alkyl halides is 2. The summed E-state index contributed by atoms with van der Waals surface area (Å²) in [6, 6.07) is 12.6. The van der Waals surface area contributed by atoms with Crippen molar-refractivity contribution in [3.05, 3.63) is 97.0 Å². The van der Waals surface area contributed by atoms with Crippen LogP contribution in [-0.2, 0) is 30.4 Å². The molecule has 1 saturated heterocycles. The van der Waals surface area contributed by atoms with Gasteiger partial charge in [-0.15, -0.1) is 13.2 Å². The fourth-order valence-electron chi connectivity index (χ4n) is 4.81. The highest BCUT2D eigenvalue weighted by Gasteiger charge is 2.14. The van der Waals surface area contributed by atoms with Crippen LogP contribution in [0.3, 0.4) is 0 Å². The van der Waals surface area contributed by atoms with Gasteiger partial charge in [-0.05, 0) is 121 Å². The van der Waals surface area contributed by atoms with Gasteiger partial charge >= 0.3 is 6.55 Å². The second-order valence-corrected chi connectivity index (χ2v) is 15.3. The quantitative estimate of drug-likeness (QED) is 0.0188. The second kappa shape index (κ2) is 58.7. The van der Waals surface area contributed by atoms with E-state index in [9.17, 15) is 27.6 Å².